The molecule has 3 atom stereocenters. The van der Waals surface area contributed by atoms with Crippen molar-refractivity contribution in [3.63, 3.8) is 0 Å². The fourth-order valence-corrected chi connectivity index (χ4v) is 2.27. The Morgan fingerprint density at radius 1 is 1.67 bits per heavy atom. The third-order valence-corrected chi connectivity index (χ3v) is 2.83. The van der Waals surface area contributed by atoms with Gasteiger partial charge in [0.05, 0.1) is 0 Å². The van der Waals surface area contributed by atoms with E-state index in [9.17, 15) is 9.59 Å². The second-order valence-corrected chi connectivity index (χ2v) is 3.66. The van der Waals surface area contributed by atoms with Crippen LogP contribution in [0.1, 0.15) is 19.8 Å². The molecule has 0 radical (unpaired) electrons. The van der Waals surface area contributed by atoms with E-state index in [-0.39, 0.29) is 17.9 Å². The van der Waals surface area contributed by atoms with Gasteiger partial charge in [-0.15, -0.1) is 0 Å². The van der Waals surface area contributed by atoms with Crippen LogP contribution < -0.4 is 0 Å². The van der Waals surface area contributed by atoms with E-state index in [4.69, 9.17) is 5.11 Å². The Labute approximate surface area is 70.2 Å². The summed E-state index contributed by atoms with van der Waals surface area (Å²) in [6.07, 6.45) is 1.40. The number of hydrogen-bond acceptors (Lipinski definition) is 2. The lowest BCUT2D eigenvalue weighted by molar-refractivity contribution is -0.157. The summed E-state index contributed by atoms with van der Waals surface area (Å²) < 4.78 is 0. The molecule has 1 amide bonds. The monoisotopic (exact) mass is 169 g/mol. The van der Waals surface area contributed by atoms with Crippen LogP contribution in [0.25, 0.3) is 0 Å². The van der Waals surface area contributed by atoms with Crippen LogP contribution in [0, 0.1) is 5.92 Å². The van der Waals surface area contributed by atoms with Crippen molar-refractivity contribution in [2.45, 2.75) is 31.8 Å². The molecule has 4 heteroatoms. The highest BCUT2D eigenvalue weighted by molar-refractivity contribution is 5.89. The number of aliphatic carboxylic acids is 1. The number of amides is 1. The molecule has 0 aliphatic carbocycles. The summed E-state index contributed by atoms with van der Waals surface area (Å²) in [6.45, 7) is 1.89. The lowest BCUT2D eigenvalue weighted by atomic mass is 10.0. The molecule has 2 heterocycles. The van der Waals surface area contributed by atoms with Gasteiger partial charge in [-0.3, -0.25) is 4.79 Å². The summed E-state index contributed by atoms with van der Waals surface area (Å²) >= 11 is 0. The van der Waals surface area contributed by atoms with Gasteiger partial charge in [0.2, 0.25) is 5.91 Å². The highest BCUT2D eigenvalue weighted by Gasteiger charge is 2.52. The number of rotatable bonds is 1. The summed E-state index contributed by atoms with van der Waals surface area (Å²) in [4.78, 5) is 23.3. The number of carbonyl (C=O) groups is 2. The zero-order valence-corrected chi connectivity index (χ0v) is 6.86. The lowest BCUT2D eigenvalue weighted by Gasteiger charge is -2.37. The molecular weight excluding hydrogens is 158 g/mol. The van der Waals surface area contributed by atoms with Crippen LogP contribution in [-0.4, -0.2) is 34.0 Å². The van der Waals surface area contributed by atoms with Crippen LogP contribution in [0.2, 0.25) is 0 Å². The predicted molar refractivity (Wildman–Crippen MR) is 40.5 cm³/mol. The first-order chi connectivity index (χ1) is 5.61. The third-order valence-electron chi connectivity index (χ3n) is 2.83. The second kappa shape index (κ2) is 2.21. The zero-order valence-electron chi connectivity index (χ0n) is 6.86. The fourth-order valence-electron chi connectivity index (χ4n) is 2.27. The molecule has 0 unspecified atom stereocenters. The highest BCUT2D eigenvalue weighted by atomic mass is 16.4. The minimum Gasteiger partial charge on any atom is -0.480 e. The number of fused-ring (bicyclic) bond motifs is 1. The largest absolute Gasteiger partial charge is 0.480 e. The van der Waals surface area contributed by atoms with Crippen molar-refractivity contribution >= 4 is 11.9 Å². The average molecular weight is 169 g/mol. The minimum absolute atomic E-state index is 0.00301. The van der Waals surface area contributed by atoms with E-state index < -0.39 is 12.0 Å². The summed E-state index contributed by atoms with van der Waals surface area (Å²) in [6, 6.07) is -0.343. The molecule has 12 heavy (non-hydrogen) atoms. The molecule has 0 aromatic carbocycles. The molecule has 0 aromatic rings. The average Bonchev–Trinajstić information content (AvgIpc) is 2.22. The van der Waals surface area contributed by atoms with E-state index in [0.29, 0.717) is 6.42 Å². The normalized spacial score (nSPS) is 39.2. The Balaban J connectivity index is 2.21. The van der Waals surface area contributed by atoms with Crippen LogP contribution in [0.15, 0.2) is 0 Å². The van der Waals surface area contributed by atoms with E-state index in [1.54, 1.807) is 0 Å². The van der Waals surface area contributed by atoms with Crippen molar-refractivity contribution in [2.75, 3.05) is 0 Å². The standard InChI is InChI=1S/C8H11NO3/c1-4-2-5-3-6(10)9(5)7(4)8(11)12/h4-5,7H,2-3H2,1H3,(H,11,12)/t4-,5+,7+/m1/s1. The van der Waals surface area contributed by atoms with E-state index >= 15 is 0 Å². The zero-order chi connectivity index (χ0) is 8.88. The maximum atomic E-state index is 11.0. The van der Waals surface area contributed by atoms with Crippen molar-refractivity contribution in [1.29, 1.82) is 0 Å². The molecule has 2 aliphatic heterocycles. The summed E-state index contributed by atoms with van der Waals surface area (Å²) in [5, 5.41) is 8.83. The van der Waals surface area contributed by atoms with E-state index in [1.165, 1.54) is 4.90 Å². The van der Waals surface area contributed by atoms with Crippen LogP contribution in [-0.2, 0) is 9.59 Å². The van der Waals surface area contributed by atoms with Crippen LogP contribution in [0.4, 0.5) is 0 Å². The number of hydrogen-bond donors (Lipinski definition) is 1. The van der Waals surface area contributed by atoms with E-state index in [0.717, 1.165) is 6.42 Å². The Bertz CT molecular complexity index is 251. The first-order valence-corrected chi connectivity index (χ1v) is 4.15. The molecule has 2 saturated heterocycles. The van der Waals surface area contributed by atoms with Crippen LogP contribution in [0.5, 0.6) is 0 Å². The van der Waals surface area contributed by atoms with Gasteiger partial charge in [-0.1, -0.05) is 6.92 Å². The molecule has 1 N–H and O–H groups in total. The number of β-lactam (4-membered cyclic amide) rings is 1. The number of carboxylic acids is 1. The molecule has 2 rings (SSSR count). The number of carboxylic acid groups (broad SMARTS) is 1. The maximum absolute atomic E-state index is 11.0. The molecule has 2 aliphatic rings. The van der Waals surface area contributed by atoms with Gasteiger partial charge in [0, 0.05) is 12.5 Å². The minimum atomic E-state index is -0.863. The van der Waals surface area contributed by atoms with Crippen molar-refractivity contribution < 1.29 is 14.7 Å². The Hall–Kier alpha value is -1.06. The lowest BCUT2D eigenvalue weighted by Crippen LogP contribution is -2.54. The van der Waals surface area contributed by atoms with Crippen LogP contribution >= 0.6 is 0 Å². The second-order valence-electron chi connectivity index (χ2n) is 3.66. The molecule has 2 fully saturated rings. The first-order valence-electron chi connectivity index (χ1n) is 4.15. The summed E-state index contributed by atoms with van der Waals surface area (Å²) in [5.41, 5.74) is 0. The van der Waals surface area contributed by atoms with Crippen molar-refractivity contribution in [3.05, 3.63) is 0 Å². The molecule has 0 bridgehead atoms. The van der Waals surface area contributed by atoms with E-state index in [2.05, 4.69) is 0 Å². The summed E-state index contributed by atoms with van der Waals surface area (Å²) in [5.74, 6) is -0.756. The quantitative estimate of drug-likeness (QED) is 0.565. The topological polar surface area (TPSA) is 57.6 Å². The predicted octanol–water partition coefficient (Wildman–Crippen LogP) is 0.0803. The van der Waals surface area contributed by atoms with Gasteiger partial charge >= 0.3 is 5.97 Å². The molecule has 66 valence electrons. The van der Waals surface area contributed by atoms with Crippen molar-refractivity contribution in [2.24, 2.45) is 5.92 Å². The Morgan fingerprint density at radius 2 is 2.33 bits per heavy atom. The number of nitrogens with zero attached hydrogens (tertiary/aromatic N) is 1. The molecule has 0 aromatic heterocycles. The van der Waals surface area contributed by atoms with E-state index in [1.807, 2.05) is 6.92 Å². The van der Waals surface area contributed by atoms with Gasteiger partial charge in [-0.05, 0) is 12.3 Å². The van der Waals surface area contributed by atoms with Gasteiger partial charge in [-0.2, -0.15) is 0 Å². The third kappa shape index (κ3) is 0.777. The van der Waals surface area contributed by atoms with Crippen molar-refractivity contribution in [1.82, 2.24) is 4.90 Å². The number of carbonyl (C=O) groups excluding carboxylic acids is 1. The summed E-state index contributed by atoms with van der Waals surface area (Å²) in [7, 11) is 0. The Kier molecular flexibility index (Phi) is 1.40. The molecule has 0 saturated carbocycles. The Morgan fingerprint density at radius 3 is 2.75 bits per heavy atom. The van der Waals surface area contributed by atoms with Gasteiger partial charge in [0.25, 0.3) is 0 Å². The van der Waals surface area contributed by atoms with Gasteiger partial charge < -0.3 is 10.0 Å². The maximum Gasteiger partial charge on any atom is 0.326 e. The molecular formula is C8H11NO3. The SMILES string of the molecule is C[C@@H]1C[C@H]2CC(=O)N2[C@@H]1C(=O)O. The van der Waals surface area contributed by atoms with Gasteiger partial charge in [-0.25, -0.2) is 4.79 Å². The molecule has 0 spiro atoms. The van der Waals surface area contributed by atoms with Gasteiger partial charge in [0.1, 0.15) is 6.04 Å². The van der Waals surface area contributed by atoms with Crippen LogP contribution in [0.3, 0.4) is 0 Å². The molecule has 4 nitrogen and oxygen atoms in total. The first kappa shape index (κ1) is 7.58. The fraction of sp³-hybridized carbons (Fsp3) is 0.750. The van der Waals surface area contributed by atoms with Crippen molar-refractivity contribution in [3.8, 4) is 0 Å². The highest BCUT2D eigenvalue weighted by Crippen LogP contribution is 2.38. The smallest absolute Gasteiger partial charge is 0.326 e. The van der Waals surface area contributed by atoms with Gasteiger partial charge in [0.15, 0.2) is 0 Å².